The van der Waals surface area contributed by atoms with E-state index in [1.807, 2.05) is 0 Å². The third kappa shape index (κ3) is 5.50. The van der Waals surface area contributed by atoms with E-state index in [2.05, 4.69) is 0 Å². The molecule has 19 nitrogen and oxygen atoms in total. The lowest BCUT2D eigenvalue weighted by molar-refractivity contribution is 0.329. The van der Waals surface area contributed by atoms with Gasteiger partial charge in [0.2, 0.25) is 30.3 Å². The van der Waals surface area contributed by atoms with E-state index in [0.29, 0.717) is 0 Å². The summed E-state index contributed by atoms with van der Waals surface area (Å²) in [6, 6.07) is 7.30. The smallest absolute Gasteiger partial charge is 0.208 e. The Morgan fingerprint density at radius 3 is 1.66 bits per heavy atom. The molecule has 2 heterocycles. The summed E-state index contributed by atoms with van der Waals surface area (Å²) in [5.74, 6) is -17.6. The Labute approximate surface area is 397 Å². The SMILES string of the molecule is CC(C)(C)c1c(O)c(O)c(O)c2c1-c1ccc(O)c(O)c1N(c1cc3sc4c(O)c(O)c(O)cc4c3c(O)c1O)c1cc3c(c(O)c1[B]2)-c1c(cc(-c2c(O)c(O)c(O)c(O)c2O)c(O)c1O)C3(C)C. The lowest BCUT2D eigenvalue weighted by atomic mass is 9.57. The van der Waals surface area contributed by atoms with Crippen LogP contribution in [0.15, 0.2) is 36.4 Å². The van der Waals surface area contributed by atoms with Crippen LogP contribution in [0.5, 0.6) is 103 Å². The monoisotopic (exact) mass is 972 g/mol. The molecule has 1 aliphatic heterocycles. The average molecular weight is 973 g/mol. The highest BCUT2D eigenvalue weighted by Gasteiger charge is 2.46. The maximum absolute atomic E-state index is 12.9. The van der Waals surface area contributed by atoms with Crippen LogP contribution in [-0.4, -0.2) is 99.2 Å². The summed E-state index contributed by atoms with van der Waals surface area (Å²) in [5.41, 5.74) is -6.14. The van der Waals surface area contributed by atoms with Crippen LogP contribution in [-0.2, 0) is 10.8 Å². The summed E-state index contributed by atoms with van der Waals surface area (Å²) in [5, 5.41) is 203. The zero-order valence-electron chi connectivity index (χ0n) is 36.9. The molecule has 18 N–H and O–H groups in total. The number of phenolic OH excluding ortho intramolecular Hbond substituents is 18. The van der Waals surface area contributed by atoms with Gasteiger partial charge >= 0.3 is 0 Å². The van der Waals surface area contributed by atoms with Gasteiger partial charge in [-0.25, -0.2) is 0 Å². The number of fused-ring (bicyclic) bond motifs is 10. The second-order valence-corrected chi connectivity index (χ2v) is 19.7. The van der Waals surface area contributed by atoms with Gasteiger partial charge in [-0.2, -0.15) is 0 Å². The second kappa shape index (κ2) is 14.0. The minimum absolute atomic E-state index is 0.000667. The van der Waals surface area contributed by atoms with Crippen LogP contribution in [0.25, 0.3) is 53.6 Å². The fourth-order valence-electron chi connectivity index (χ4n) is 9.97. The zero-order chi connectivity index (χ0) is 51.0. The summed E-state index contributed by atoms with van der Waals surface area (Å²) >= 11 is 0.799. The Kier molecular flexibility index (Phi) is 9.00. The molecule has 7 aromatic carbocycles. The Bertz CT molecular complexity index is 3730. The number of hydrogen-bond acceptors (Lipinski definition) is 20. The highest BCUT2D eigenvalue weighted by atomic mass is 32.1. The Hall–Kier alpha value is -8.98. The first-order valence-corrected chi connectivity index (χ1v) is 21.7. The molecule has 8 aromatic rings. The molecule has 70 heavy (non-hydrogen) atoms. The van der Waals surface area contributed by atoms with E-state index in [1.165, 1.54) is 25.5 Å². The van der Waals surface area contributed by atoms with E-state index in [0.717, 1.165) is 34.4 Å². The molecule has 1 radical (unpaired) electrons. The number of rotatable bonds is 2. The van der Waals surface area contributed by atoms with E-state index in [4.69, 9.17) is 0 Å². The Morgan fingerprint density at radius 2 is 1.03 bits per heavy atom. The van der Waals surface area contributed by atoms with Gasteiger partial charge in [0.15, 0.2) is 74.7 Å². The number of phenols is 18. The van der Waals surface area contributed by atoms with Crippen molar-refractivity contribution in [1.29, 1.82) is 0 Å². The standard InChI is InChI=1S/C49H39BNO18S/c1-48(2,3)27-23-12-6-7-19(52)33(56)30(12)51(18-11-21-22(36(59)32(18)55)14-9-20(53)34(57)46(69)47(14)70-21)17-10-16-25(35(58)28(17)50-29(23)41(64)44(67)40(27)63)26-15(49(16,4)5)8-13(31(54)39(26)62)24-37(60)42(65)45(68)43(66)38(24)61/h6-11,52-69H,1-5H3. The van der Waals surface area contributed by atoms with Crippen molar-refractivity contribution in [2.45, 2.75) is 45.4 Å². The normalized spacial score (nSPS) is 13.6. The number of benzene rings is 7. The molecule has 357 valence electrons. The van der Waals surface area contributed by atoms with Gasteiger partial charge in [-0.05, 0) is 69.4 Å². The molecule has 0 unspecified atom stereocenters. The van der Waals surface area contributed by atoms with Crippen molar-refractivity contribution in [3.8, 4) is 137 Å². The lowest BCUT2D eigenvalue weighted by Crippen LogP contribution is -2.37. The molecule has 0 atom stereocenters. The molecule has 0 fully saturated rings. The summed E-state index contributed by atoms with van der Waals surface area (Å²) in [7, 11) is 1.19. The topological polar surface area (TPSA) is 367 Å². The van der Waals surface area contributed by atoms with Crippen molar-refractivity contribution >= 4 is 66.8 Å². The largest absolute Gasteiger partial charge is 0.508 e. The van der Waals surface area contributed by atoms with Crippen molar-refractivity contribution in [2.75, 3.05) is 4.90 Å². The van der Waals surface area contributed by atoms with Gasteiger partial charge in [0, 0.05) is 54.4 Å². The Balaban J connectivity index is 1.38. The molecule has 10 rings (SSSR count). The molecule has 21 heteroatoms. The first-order chi connectivity index (χ1) is 32.6. The zero-order valence-corrected chi connectivity index (χ0v) is 37.8. The quantitative estimate of drug-likeness (QED) is 0.0465. The van der Waals surface area contributed by atoms with Crippen molar-refractivity contribution in [3.05, 3.63) is 53.1 Å². The molecule has 0 saturated carbocycles. The molecular formula is C49H39BNO18S. The fourth-order valence-corrected chi connectivity index (χ4v) is 11.1. The van der Waals surface area contributed by atoms with Crippen LogP contribution >= 0.6 is 11.3 Å². The minimum Gasteiger partial charge on any atom is -0.508 e. The van der Waals surface area contributed by atoms with Gasteiger partial charge < -0.3 is 96.8 Å². The third-order valence-corrected chi connectivity index (χ3v) is 14.5. The van der Waals surface area contributed by atoms with Gasteiger partial charge in [-0.1, -0.05) is 34.6 Å². The molecule has 0 saturated heterocycles. The highest BCUT2D eigenvalue weighted by molar-refractivity contribution is 7.26. The lowest BCUT2D eigenvalue weighted by Gasteiger charge is -2.37. The molecule has 2 aliphatic rings. The first kappa shape index (κ1) is 44.8. The summed E-state index contributed by atoms with van der Waals surface area (Å²) < 4.78 is 0.0555. The second-order valence-electron chi connectivity index (χ2n) is 18.7. The predicted molar refractivity (Wildman–Crippen MR) is 256 cm³/mol. The van der Waals surface area contributed by atoms with E-state index in [-0.39, 0.29) is 75.7 Å². The number of aromatic hydroxyl groups is 18. The van der Waals surface area contributed by atoms with Crippen molar-refractivity contribution in [2.24, 2.45) is 0 Å². The van der Waals surface area contributed by atoms with Crippen LogP contribution < -0.4 is 15.8 Å². The van der Waals surface area contributed by atoms with Crippen molar-refractivity contribution in [3.63, 3.8) is 0 Å². The van der Waals surface area contributed by atoms with E-state index < -0.39 is 137 Å². The van der Waals surface area contributed by atoms with Crippen LogP contribution in [0.3, 0.4) is 0 Å². The first-order valence-electron chi connectivity index (χ1n) is 20.9. The van der Waals surface area contributed by atoms with Gasteiger partial charge in [-0.3, -0.25) is 0 Å². The fraction of sp³-hybridized carbons (Fsp3) is 0.143. The molecule has 0 amide bonds. The van der Waals surface area contributed by atoms with Crippen LogP contribution in [0.2, 0.25) is 0 Å². The predicted octanol–water partition coefficient (Wildman–Crippen LogP) is 7.13. The van der Waals surface area contributed by atoms with Crippen LogP contribution in [0.4, 0.5) is 17.1 Å². The van der Waals surface area contributed by atoms with Gasteiger partial charge in [-0.15, -0.1) is 11.3 Å². The van der Waals surface area contributed by atoms with Crippen LogP contribution in [0, 0.1) is 0 Å². The maximum Gasteiger partial charge on any atom is 0.208 e. The summed E-state index contributed by atoms with van der Waals surface area (Å²) in [4.78, 5) is 1.13. The maximum atomic E-state index is 12.9. The highest BCUT2D eigenvalue weighted by Crippen LogP contribution is 2.65. The number of hydrogen-bond donors (Lipinski definition) is 18. The third-order valence-electron chi connectivity index (χ3n) is 13.3. The van der Waals surface area contributed by atoms with Crippen molar-refractivity contribution in [1.82, 2.24) is 0 Å². The molecule has 1 aromatic heterocycles. The van der Waals surface area contributed by atoms with E-state index >= 15 is 0 Å². The summed E-state index contributed by atoms with van der Waals surface area (Å²) in [6.07, 6.45) is 0. The Morgan fingerprint density at radius 1 is 0.457 bits per heavy atom. The van der Waals surface area contributed by atoms with E-state index in [9.17, 15) is 91.9 Å². The van der Waals surface area contributed by atoms with Gasteiger partial charge in [0.25, 0.3) is 0 Å². The number of nitrogens with zero attached hydrogens (tertiary/aromatic N) is 1. The number of thiophene rings is 1. The van der Waals surface area contributed by atoms with Gasteiger partial charge in [0.1, 0.15) is 11.4 Å². The molecular weight excluding hydrogens is 933 g/mol. The molecule has 0 spiro atoms. The van der Waals surface area contributed by atoms with E-state index in [1.54, 1.807) is 34.6 Å². The number of anilines is 3. The molecule has 1 aliphatic carbocycles. The minimum atomic E-state index is -1.45. The van der Waals surface area contributed by atoms with Crippen molar-refractivity contribution < 1.29 is 91.9 Å². The summed E-state index contributed by atoms with van der Waals surface area (Å²) in [6.45, 7) is 8.14. The van der Waals surface area contributed by atoms with Gasteiger partial charge in [0.05, 0.1) is 16.0 Å². The van der Waals surface area contributed by atoms with Crippen LogP contribution in [0.1, 0.15) is 51.3 Å². The average Bonchev–Trinajstić information content (AvgIpc) is 3.77. The molecule has 0 bridgehead atoms.